The first-order valence-electron chi connectivity index (χ1n) is 7.79. The van der Waals surface area contributed by atoms with Crippen molar-refractivity contribution in [3.63, 3.8) is 0 Å². The third-order valence-electron chi connectivity index (χ3n) is 4.36. The highest BCUT2D eigenvalue weighted by Crippen LogP contribution is 2.25. The Labute approximate surface area is 126 Å². The molecule has 1 unspecified atom stereocenters. The fraction of sp³-hybridized carbons (Fsp3) is 0.625. The second-order valence-electron chi connectivity index (χ2n) is 6.20. The Morgan fingerprint density at radius 1 is 1.43 bits per heavy atom. The van der Waals surface area contributed by atoms with Gasteiger partial charge in [0.05, 0.1) is 5.69 Å². The van der Waals surface area contributed by atoms with Crippen LogP contribution in [0, 0.1) is 11.8 Å². The summed E-state index contributed by atoms with van der Waals surface area (Å²) < 4.78 is 0. The lowest BCUT2D eigenvalue weighted by molar-refractivity contribution is 0.0948. The maximum atomic E-state index is 11.5. The third kappa shape index (κ3) is 4.51. The van der Waals surface area contributed by atoms with Crippen molar-refractivity contribution in [1.29, 1.82) is 0 Å². The van der Waals surface area contributed by atoms with Crippen molar-refractivity contribution in [2.24, 2.45) is 17.7 Å². The summed E-state index contributed by atoms with van der Waals surface area (Å²) in [5, 5.41) is 0. The first-order valence-corrected chi connectivity index (χ1v) is 7.79. The van der Waals surface area contributed by atoms with Gasteiger partial charge in [-0.2, -0.15) is 0 Å². The number of carbonyl (C=O) groups excluding carboxylic acids is 1. The highest BCUT2D eigenvalue weighted by Gasteiger charge is 2.19. The number of nitrogens with two attached hydrogens (primary N) is 1. The number of hydrogen-bond acceptors (Lipinski definition) is 4. The van der Waals surface area contributed by atoms with Gasteiger partial charge in [0.15, 0.2) is 0 Å². The van der Waals surface area contributed by atoms with Crippen molar-refractivity contribution in [2.75, 3.05) is 13.1 Å². The molecular formula is C16H26N4O. The number of pyridine rings is 1. The number of hydrazine groups is 1. The van der Waals surface area contributed by atoms with Crippen LogP contribution < -0.4 is 11.3 Å². The van der Waals surface area contributed by atoms with E-state index < -0.39 is 0 Å². The number of aromatic nitrogens is 1. The quantitative estimate of drug-likeness (QED) is 0.505. The van der Waals surface area contributed by atoms with Crippen LogP contribution in [0.2, 0.25) is 0 Å². The lowest BCUT2D eigenvalue weighted by atomic mass is 9.89. The summed E-state index contributed by atoms with van der Waals surface area (Å²) in [5.41, 5.74) is 3.43. The van der Waals surface area contributed by atoms with E-state index in [0.717, 1.165) is 37.2 Å². The fourth-order valence-electron chi connectivity index (χ4n) is 3.00. The second-order valence-corrected chi connectivity index (χ2v) is 6.20. The van der Waals surface area contributed by atoms with Crippen molar-refractivity contribution in [3.05, 3.63) is 29.6 Å². The van der Waals surface area contributed by atoms with Gasteiger partial charge in [-0.15, -0.1) is 0 Å². The molecule has 1 aliphatic rings. The predicted molar refractivity (Wildman–Crippen MR) is 83.3 cm³/mol. The number of carbonyl (C=O) groups is 1. The Morgan fingerprint density at radius 3 is 2.95 bits per heavy atom. The normalized spacial score (nSPS) is 20.3. The van der Waals surface area contributed by atoms with E-state index in [9.17, 15) is 4.79 Å². The van der Waals surface area contributed by atoms with Gasteiger partial charge in [-0.05, 0) is 56.3 Å². The van der Waals surface area contributed by atoms with Crippen LogP contribution in [0.25, 0.3) is 0 Å². The van der Waals surface area contributed by atoms with Crippen molar-refractivity contribution in [3.8, 4) is 0 Å². The van der Waals surface area contributed by atoms with Gasteiger partial charge in [0.25, 0.3) is 5.91 Å². The molecular weight excluding hydrogens is 264 g/mol. The minimum atomic E-state index is -0.340. The zero-order valence-corrected chi connectivity index (χ0v) is 13.0. The Kier molecular flexibility index (Phi) is 5.70. The molecule has 1 aliphatic heterocycles. The van der Waals surface area contributed by atoms with Crippen molar-refractivity contribution < 1.29 is 4.79 Å². The van der Waals surface area contributed by atoms with Gasteiger partial charge in [0, 0.05) is 6.54 Å². The molecule has 3 N–H and O–H groups in total. The van der Waals surface area contributed by atoms with Crippen molar-refractivity contribution >= 4 is 5.91 Å². The molecule has 0 saturated carbocycles. The first kappa shape index (κ1) is 15.9. The second kappa shape index (κ2) is 7.52. The Hall–Kier alpha value is -1.46. The zero-order chi connectivity index (χ0) is 15.2. The van der Waals surface area contributed by atoms with Crippen LogP contribution in [0.5, 0.6) is 0 Å². The molecule has 2 rings (SSSR count). The largest absolute Gasteiger partial charge is 0.298 e. The molecule has 5 nitrogen and oxygen atoms in total. The number of nitrogens with one attached hydrogen (secondary N) is 1. The van der Waals surface area contributed by atoms with E-state index in [1.54, 1.807) is 6.07 Å². The van der Waals surface area contributed by atoms with Crippen molar-refractivity contribution in [1.82, 2.24) is 15.3 Å². The summed E-state index contributed by atoms with van der Waals surface area (Å²) in [6, 6.07) is 5.52. The summed E-state index contributed by atoms with van der Waals surface area (Å²) >= 11 is 0. The molecule has 2 heterocycles. The van der Waals surface area contributed by atoms with Gasteiger partial charge < -0.3 is 0 Å². The van der Waals surface area contributed by atoms with Crippen LogP contribution >= 0.6 is 0 Å². The van der Waals surface area contributed by atoms with E-state index in [-0.39, 0.29) is 5.91 Å². The van der Waals surface area contributed by atoms with Gasteiger partial charge in [-0.25, -0.2) is 10.8 Å². The molecule has 5 heteroatoms. The van der Waals surface area contributed by atoms with Crippen molar-refractivity contribution in [2.45, 2.75) is 39.7 Å². The van der Waals surface area contributed by atoms with Gasteiger partial charge in [-0.3, -0.25) is 15.1 Å². The molecule has 1 aromatic rings. The molecule has 1 atom stereocenters. The SMILES string of the molecule is CC(C)C1CCCN(Cc2cccc(C(=O)NN)n2)CC1. The number of amides is 1. The maximum absolute atomic E-state index is 11.5. The van der Waals surface area contributed by atoms with Gasteiger partial charge >= 0.3 is 0 Å². The Balaban J connectivity index is 1.97. The molecule has 1 fully saturated rings. The van der Waals surface area contributed by atoms with E-state index >= 15 is 0 Å². The summed E-state index contributed by atoms with van der Waals surface area (Å²) in [7, 11) is 0. The van der Waals surface area contributed by atoms with Crippen LogP contribution in [-0.4, -0.2) is 28.9 Å². The highest BCUT2D eigenvalue weighted by molar-refractivity contribution is 5.91. The minimum absolute atomic E-state index is 0.340. The molecule has 0 aliphatic carbocycles. The number of hydrogen-bond donors (Lipinski definition) is 2. The Morgan fingerprint density at radius 2 is 2.24 bits per heavy atom. The third-order valence-corrected chi connectivity index (χ3v) is 4.36. The van der Waals surface area contributed by atoms with E-state index in [4.69, 9.17) is 5.84 Å². The Bertz CT molecular complexity index is 475. The molecule has 116 valence electrons. The molecule has 1 aromatic heterocycles. The van der Waals surface area contributed by atoms with Crippen LogP contribution in [0.4, 0.5) is 0 Å². The highest BCUT2D eigenvalue weighted by atomic mass is 16.2. The zero-order valence-electron chi connectivity index (χ0n) is 13.0. The van der Waals surface area contributed by atoms with Crippen LogP contribution in [-0.2, 0) is 6.54 Å². The summed E-state index contributed by atoms with van der Waals surface area (Å²) in [4.78, 5) is 18.3. The average Bonchev–Trinajstić information content (AvgIpc) is 2.72. The van der Waals surface area contributed by atoms with Gasteiger partial charge in [-0.1, -0.05) is 19.9 Å². The lowest BCUT2D eigenvalue weighted by Gasteiger charge is -2.21. The minimum Gasteiger partial charge on any atom is -0.298 e. The monoisotopic (exact) mass is 290 g/mol. The van der Waals surface area contributed by atoms with E-state index in [1.165, 1.54) is 19.3 Å². The number of likely N-dealkylation sites (tertiary alicyclic amines) is 1. The maximum Gasteiger partial charge on any atom is 0.283 e. The first-order chi connectivity index (χ1) is 10.1. The van der Waals surface area contributed by atoms with E-state index in [1.807, 2.05) is 12.1 Å². The lowest BCUT2D eigenvalue weighted by Crippen LogP contribution is -2.31. The van der Waals surface area contributed by atoms with Crippen LogP contribution in [0.1, 0.15) is 49.3 Å². The molecule has 0 radical (unpaired) electrons. The number of nitrogen functional groups attached to an aromatic ring is 1. The van der Waals surface area contributed by atoms with E-state index in [0.29, 0.717) is 5.69 Å². The van der Waals surface area contributed by atoms with Crippen LogP contribution in [0.3, 0.4) is 0 Å². The summed E-state index contributed by atoms with van der Waals surface area (Å²) in [6.45, 7) is 7.65. The molecule has 1 amide bonds. The molecule has 0 spiro atoms. The molecule has 0 bridgehead atoms. The van der Waals surface area contributed by atoms with Gasteiger partial charge in [0.2, 0.25) is 0 Å². The molecule has 1 saturated heterocycles. The van der Waals surface area contributed by atoms with Crippen LogP contribution in [0.15, 0.2) is 18.2 Å². The topological polar surface area (TPSA) is 71.2 Å². The smallest absolute Gasteiger partial charge is 0.283 e. The average molecular weight is 290 g/mol. The van der Waals surface area contributed by atoms with Gasteiger partial charge in [0.1, 0.15) is 5.69 Å². The fourth-order valence-corrected chi connectivity index (χ4v) is 3.00. The predicted octanol–water partition coefficient (Wildman–Crippen LogP) is 1.94. The molecule has 0 aromatic carbocycles. The summed E-state index contributed by atoms with van der Waals surface area (Å²) in [5.74, 6) is 6.41. The number of rotatable bonds is 4. The standard InChI is InChI=1S/C16H26N4O/c1-12(2)13-5-4-9-20(10-8-13)11-14-6-3-7-15(18-14)16(21)19-17/h3,6-7,12-13H,4-5,8-11,17H2,1-2H3,(H,19,21). The molecule has 21 heavy (non-hydrogen) atoms. The summed E-state index contributed by atoms with van der Waals surface area (Å²) in [6.07, 6.45) is 3.81. The number of nitrogens with zero attached hydrogens (tertiary/aromatic N) is 2. The van der Waals surface area contributed by atoms with E-state index in [2.05, 4.69) is 29.2 Å².